The average Bonchev–Trinajstić information content (AvgIpc) is 3.02. The smallest absolute Gasteiger partial charge is 0.191 e. The van der Waals surface area contributed by atoms with Gasteiger partial charge in [0, 0.05) is 31.2 Å². The van der Waals surface area contributed by atoms with Crippen LogP contribution in [0.5, 0.6) is 0 Å². The molecule has 126 valence electrons. The lowest BCUT2D eigenvalue weighted by molar-refractivity contribution is -0.0971. The van der Waals surface area contributed by atoms with Crippen LogP contribution in [0.25, 0.3) is 0 Å². The predicted octanol–water partition coefficient (Wildman–Crippen LogP) is 2.04. The van der Waals surface area contributed by atoms with E-state index >= 15 is 0 Å². The van der Waals surface area contributed by atoms with E-state index in [9.17, 15) is 0 Å². The third-order valence-corrected chi connectivity index (χ3v) is 4.54. The molecule has 2 heterocycles. The van der Waals surface area contributed by atoms with Gasteiger partial charge in [-0.15, -0.1) is 0 Å². The maximum Gasteiger partial charge on any atom is 0.191 e. The molecule has 2 aliphatic rings. The number of benzene rings is 1. The van der Waals surface area contributed by atoms with Gasteiger partial charge in [0.05, 0.1) is 24.8 Å². The topological polar surface area (TPSA) is 48.9 Å². The Balaban J connectivity index is 1.75. The summed E-state index contributed by atoms with van der Waals surface area (Å²) in [6.45, 7) is 9.46. The number of hydrogen-bond donors (Lipinski definition) is 2. The van der Waals surface area contributed by atoms with E-state index in [1.54, 1.807) is 0 Å². The minimum absolute atomic E-state index is 0.119. The van der Waals surface area contributed by atoms with Crippen LogP contribution in [0.2, 0.25) is 5.02 Å². The van der Waals surface area contributed by atoms with Crippen molar-refractivity contribution < 1.29 is 4.74 Å². The summed E-state index contributed by atoms with van der Waals surface area (Å²) < 4.78 is 5.86. The number of ether oxygens (including phenoxy) is 1. The van der Waals surface area contributed by atoms with E-state index < -0.39 is 0 Å². The largest absolute Gasteiger partial charge is 0.373 e. The maximum atomic E-state index is 6.05. The summed E-state index contributed by atoms with van der Waals surface area (Å²) in [4.78, 5) is 6.90. The summed E-state index contributed by atoms with van der Waals surface area (Å²) in [7, 11) is 0. The predicted molar refractivity (Wildman–Crippen MR) is 94.1 cm³/mol. The Morgan fingerprint density at radius 2 is 2.17 bits per heavy atom. The summed E-state index contributed by atoms with van der Waals surface area (Å²) >= 11 is 6.05. The molecule has 1 aromatic carbocycles. The van der Waals surface area contributed by atoms with Gasteiger partial charge < -0.3 is 15.4 Å². The van der Waals surface area contributed by atoms with Crippen molar-refractivity contribution in [1.29, 1.82) is 0 Å². The molecule has 0 aromatic heterocycles. The molecule has 1 aromatic rings. The number of nitrogens with zero attached hydrogens (tertiary/aromatic N) is 2. The van der Waals surface area contributed by atoms with Crippen LogP contribution in [-0.2, 0) is 4.74 Å². The van der Waals surface area contributed by atoms with Crippen molar-refractivity contribution in [2.24, 2.45) is 4.99 Å². The van der Waals surface area contributed by atoms with Crippen LogP contribution < -0.4 is 10.6 Å². The fraction of sp³-hybridized carbons (Fsp3) is 0.588. The van der Waals surface area contributed by atoms with E-state index in [0.717, 1.165) is 50.3 Å². The Bertz CT molecular complexity index is 558. The summed E-state index contributed by atoms with van der Waals surface area (Å²) in [5, 5.41) is 7.48. The van der Waals surface area contributed by atoms with Crippen LogP contribution in [0, 0.1) is 0 Å². The second-order valence-electron chi connectivity index (χ2n) is 6.68. The third kappa shape index (κ3) is 4.37. The van der Waals surface area contributed by atoms with Crippen molar-refractivity contribution in [3.05, 3.63) is 34.9 Å². The van der Waals surface area contributed by atoms with Gasteiger partial charge in [0.15, 0.2) is 5.96 Å². The van der Waals surface area contributed by atoms with Gasteiger partial charge in [0.1, 0.15) is 0 Å². The molecule has 1 saturated heterocycles. The third-order valence-electron chi connectivity index (χ3n) is 4.29. The summed E-state index contributed by atoms with van der Waals surface area (Å²) in [5.74, 6) is 0.900. The van der Waals surface area contributed by atoms with Crippen LogP contribution in [0.3, 0.4) is 0 Å². The van der Waals surface area contributed by atoms with E-state index in [0.29, 0.717) is 0 Å². The quantitative estimate of drug-likeness (QED) is 0.883. The van der Waals surface area contributed by atoms with Gasteiger partial charge in [-0.1, -0.05) is 23.7 Å². The van der Waals surface area contributed by atoms with Gasteiger partial charge in [-0.25, -0.2) is 0 Å². The van der Waals surface area contributed by atoms with Crippen molar-refractivity contribution in [1.82, 2.24) is 15.5 Å². The molecule has 0 spiro atoms. The van der Waals surface area contributed by atoms with E-state index in [4.69, 9.17) is 16.3 Å². The van der Waals surface area contributed by atoms with E-state index in [1.807, 2.05) is 12.1 Å². The highest BCUT2D eigenvalue weighted by Crippen LogP contribution is 2.27. The van der Waals surface area contributed by atoms with Crippen molar-refractivity contribution in [2.45, 2.75) is 25.5 Å². The molecule has 0 saturated carbocycles. The Labute approximate surface area is 143 Å². The first-order valence-corrected chi connectivity index (χ1v) is 8.57. The molecule has 6 heteroatoms. The molecule has 1 fully saturated rings. The molecule has 0 unspecified atom stereocenters. The number of rotatable bonds is 4. The Kier molecular flexibility index (Phi) is 5.09. The molecule has 23 heavy (non-hydrogen) atoms. The Morgan fingerprint density at radius 1 is 1.39 bits per heavy atom. The summed E-state index contributed by atoms with van der Waals surface area (Å²) in [5.41, 5.74) is 1.14. The normalized spacial score (nSPS) is 22.3. The molecule has 2 aliphatic heterocycles. The number of nitrogens with one attached hydrogen (secondary N) is 2. The highest BCUT2D eigenvalue weighted by Gasteiger charge is 2.32. The molecular formula is C17H25ClN4O. The van der Waals surface area contributed by atoms with Crippen LogP contribution in [0.4, 0.5) is 0 Å². The number of aliphatic imine (C=N–C) groups is 1. The van der Waals surface area contributed by atoms with E-state index in [-0.39, 0.29) is 11.6 Å². The molecule has 0 radical (unpaired) electrons. The lowest BCUT2D eigenvalue weighted by atomic mass is 10.0. The zero-order chi connectivity index (χ0) is 16.3. The molecule has 3 rings (SSSR count). The van der Waals surface area contributed by atoms with Gasteiger partial charge >= 0.3 is 0 Å². The maximum absolute atomic E-state index is 6.05. The Hall–Kier alpha value is -1.30. The zero-order valence-corrected chi connectivity index (χ0v) is 14.6. The second-order valence-corrected chi connectivity index (χ2v) is 7.12. The minimum Gasteiger partial charge on any atom is -0.373 e. The van der Waals surface area contributed by atoms with Crippen LogP contribution in [0.15, 0.2) is 29.3 Å². The summed E-state index contributed by atoms with van der Waals surface area (Å²) in [6, 6.07) is 8.41. The number of halogens is 1. The van der Waals surface area contributed by atoms with Crippen molar-refractivity contribution >= 4 is 17.6 Å². The van der Waals surface area contributed by atoms with Crippen LogP contribution in [0.1, 0.15) is 25.5 Å². The lowest BCUT2D eigenvalue weighted by Crippen LogP contribution is -2.52. The van der Waals surface area contributed by atoms with Crippen molar-refractivity contribution in [3.8, 4) is 0 Å². The Morgan fingerprint density at radius 3 is 2.83 bits per heavy atom. The van der Waals surface area contributed by atoms with Gasteiger partial charge in [0.25, 0.3) is 0 Å². The number of hydrogen-bond acceptors (Lipinski definition) is 5. The molecule has 0 aliphatic carbocycles. The second kappa shape index (κ2) is 7.07. The van der Waals surface area contributed by atoms with Gasteiger partial charge in [0.2, 0.25) is 0 Å². The van der Waals surface area contributed by atoms with Crippen LogP contribution in [-0.4, -0.2) is 55.8 Å². The average molecular weight is 337 g/mol. The van der Waals surface area contributed by atoms with Crippen molar-refractivity contribution in [3.63, 3.8) is 0 Å². The fourth-order valence-corrected chi connectivity index (χ4v) is 3.30. The first kappa shape index (κ1) is 16.6. The lowest BCUT2D eigenvalue weighted by Gasteiger charge is -2.42. The highest BCUT2D eigenvalue weighted by atomic mass is 35.5. The fourth-order valence-electron chi connectivity index (χ4n) is 3.17. The standard InChI is InChI=1S/C17H25ClN4O/c1-17(2)12-22(9-10-23-17)15(11-21-16-19-7-8-20-16)13-3-5-14(18)6-4-13/h3-6,15H,7-12H2,1-2H3,(H2,19,20,21)/t15-/m0/s1. The zero-order valence-electron chi connectivity index (χ0n) is 13.8. The molecule has 5 nitrogen and oxygen atoms in total. The van der Waals surface area contributed by atoms with Crippen molar-refractivity contribution in [2.75, 3.05) is 39.3 Å². The monoisotopic (exact) mass is 336 g/mol. The van der Waals surface area contributed by atoms with Gasteiger partial charge in [-0.3, -0.25) is 9.89 Å². The molecule has 0 amide bonds. The van der Waals surface area contributed by atoms with Gasteiger partial charge in [-0.2, -0.15) is 0 Å². The first-order chi connectivity index (χ1) is 11.0. The minimum atomic E-state index is -0.119. The van der Waals surface area contributed by atoms with Gasteiger partial charge in [-0.05, 0) is 31.5 Å². The number of guanidine groups is 1. The molecule has 0 bridgehead atoms. The molecule has 1 atom stereocenters. The molecule has 2 N–H and O–H groups in total. The SMILES string of the molecule is CC1(C)CN([C@@H](CNC2=NCCN2)c2ccc(Cl)cc2)CCO1. The van der Waals surface area contributed by atoms with E-state index in [1.165, 1.54) is 5.56 Å². The molecular weight excluding hydrogens is 312 g/mol. The summed E-state index contributed by atoms with van der Waals surface area (Å²) in [6.07, 6.45) is 0. The highest BCUT2D eigenvalue weighted by molar-refractivity contribution is 6.30. The van der Waals surface area contributed by atoms with Crippen LogP contribution >= 0.6 is 11.6 Å². The number of morpholine rings is 1. The van der Waals surface area contributed by atoms with E-state index in [2.05, 4.69) is 46.5 Å². The first-order valence-electron chi connectivity index (χ1n) is 8.19.